The summed E-state index contributed by atoms with van der Waals surface area (Å²) in [4.78, 5) is 2.63. The molecule has 0 aromatic heterocycles. The van der Waals surface area contributed by atoms with Crippen molar-refractivity contribution in [2.24, 2.45) is 17.8 Å². The fraction of sp³-hybridized carbons (Fsp3) is 0.714. The van der Waals surface area contributed by atoms with Crippen molar-refractivity contribution in [1.82, 2.24) is 4.90 Å². The van der Waals surface area contributed by atoms with Crippen molar-refractivity contribution in [1.29, 1.82) is 0 Å². The molecule has 0 bridgehead atoms. The molecule has 3 heteroatoms. The summed E-state index contributed by atoms with van der Waals surface area (Å²) in [6, 6.07) is 3.80. The minimum Gasteiger partial charge on any atom is -0.507 e. The van der Waals surface area contributed by atoms with E-state index in [9.17, 15) is 10.2 Å². The van der Waals surface area contributed by atoms with Crippen molar-refractivity contribution < 1.29 is 10.2 Å². The van der Waals surface area contributed by atoms with Crippen molar-refractivity contribution in [2.75, 3.05) is 19.6 Å². The third-order valence-electron chi connectivity index (χ3n) is 7.90. The van der Waals surface area contributed by atoms with Gasteiger partial charge in [-0.2, -0.15) is 0 Å². The number of aryl methyl sites for hydroxylation is 1. The predicted octanol–water partition coefficient (Wildman–Crippen LogP) is 7.03. The third-order valence-corrected chi connectivity index (χ3v) is 7.90. The number of unbranched alkanes of at least 4 members (excludes halogenated alkanes) is 2. The van der Waals surface area contributed by atoms with Gasteiger partial charge in [-0.25, -0.2) is 0 Å². The number of likely N-dealkylation sites (tertiary alicyclic amines) is 1. The van der Waals surface area contributed by atoms with Crippen LogP contribution in [-0.4, -0.2) is 34.7 Å². The smallest absolute Gasteiger partial charge is 0.123 e. The summed E-state index contributed by atoms with van der Waals surface area (Å²) in [6.07, 6.45) is 12.8. The average molecular weight is 428 g/mol. The van der Waals surface area contributed by atoms with Crippen LogP contribution in [0, 0.1) is 17.8 Å². The van der Waals surface area contributed by atoms with Gasteiger partial charge in [-0.05, 0) is 107 Å². The Morgan fingerprint density at radius 2 is 1.74 bits per heavy atom. The van der Waals surface area contributed by atoms with Gasteiger partial charge in [0.2, 0.25) is 0 Å². The Hall–Kier alpha value is -1.48. The molecule has 3 rings (SSSR count). The highest BCUT2D eigenvalue weighted by atomic mass is 16.3. The normalized spacial score (nSPS) is 24.2. The molecule has 3 nitrogen and oxygen atoms in total. The first-order chi connectivity index (χ1) is 14.9. The summed E-state index contributed by atoms with van der Waals surface area (Å²) in [6.45, 7) is 12.8. The van der Waals surface area contributed by atoms with Gasteiger partial charge in [0.1, 0.15) is 11.5 Å². The van der Waals surface area contributed by atoms with Gasteiger partial charge in [0.25, 0.3) is 0 Å². The number of phenols is 2. The number of hydrogen-bond donors (Lipinski definition) is 2. The fourth-order valence-electron chi connectivity index (χ4n) is 5.65. The van der Waals surface area contributed by atoms with Crippen molar-refractivity contribution in [3.05, 3.63) is 34.9 Å². The van der Waals surface area contributed by atoms with Crippen molar-refractivity contribution in [2.45, 2.75) is 91.4 Å². The van der Waals surface area contributed by atoms with Crippen LogP contribution >= 0.6 is 0 Å². The molecule has 0 unspecified atom stereocenters. The van der Waals surface area contributed by atoms with Gasteiger partial charge in [0.15, 0.2) is 0 Å². The molecule has 1 heterocycles. The Balaban J connectivity index is 1.72. The summed E-state index contributed by atoms with van der Waals surface area (Å²) >= 11 is 0. The molecular formula is C28H45NO2. The number of hydrogen-bond acceptors (Lipinski definition) is 3. The third kappa shape index (κ3) is 6.51. The van der Waals surface area contributed by atoms with Crippen LogP contribution in [0.3, 0.4) is 0 Å². The van der Waals surface area contributed by atoms with Gasteiger partial charge < -0.3 is 15.1 Å². The lowest BCUT2D eigenvalue weighted by Crippen LogP contribution is -2.35. The molecule has 2 aliphatic rings. The molecule has 2 N–H and O–H groups in total. The summed E-state index contributed by atoms with van der Waals surface area (Å²) in [5.74, 6) is 2.58. The van der Waals surface area contributed by atoms with Crippen LogP contribution in [0.5, 0.6) is 11.5 Å². The van der Waals surface area contributed by atoms with Crippen LogP contribution < -0.4 is 0 Å². The molecule has 1 aromatic rings. The Morgan fingerprint density at radius 3 is 2.39 bits per heavy atom. The largest absolute Gasteiger partial charge is 0.507 e. The van der Waals surface area contributed by atoms with Gasteiger partial charge >= 0.3 is 0 Å². The molecular weight excluding hydrogens is 382 g/mol. The van der Waals surface area contributed by atoms with E-state index in [4.69, 9.17) is 0 Å². The SMILES string of the molecule is CCCCCc1cc(O)c([C@@H]2C=C(C)CC[C@H]2[C@@H](C)CCN2CCC(C)CC2)c(O)c1. The summed E-state index contributed by atoms with van der Waals surface area (Å²) in [7, 11) is 0. The second-order valence-corrected chi connectivity index (χ2v) is 10.5. The first kappa shape index (κ1) is 24.2. The number of nitrogens with zero attached hydrogens (tertiary/aromatic N) is 1. The Bertz CT molecular complexity index is 710. The van der Waals surface area contributed by atoms with Crippen LogP contribution in [0.15, 0.2) is 23.8 Å². The van der Waals surface area contributed by atoms with E-state index < -0.39 is 0 Å². The molecule has 0 amide bonds. The van der Waals surface area contributed by atoms with Crippen LogP contribution in [-0.2, 0) is 6.42 Å². The van der Waals surface area contributed by atoms with Crippen LogP contribution in [0.1, 0.15) is 96.1 Å². The Morgan fingerprint density at radius 1 is 1.06 bits per heavy atom. The lowest BCUT2D eigenvalue weighted by Gasteiger charge is -2.37. The van der Waals surface area contributed by atoms with Crippen LogP contribution in [0.2, 0.25) is 0 Å². The van der Waals surface area contributed by atoms with E-state index in [0.29, 0.717) is 11.8 Å². The Labute approximate surface area is 190 Å². The molecule has 174 valence electrons. The maximum absolute atomic E-state index is 10.9. The highest BCUT2D eigenvalue weighted by Gasteiger charge is 2.33. The maximum atomic E-state index is 10.9. The number of piperidine rings is 1. The molecule has 1 fully saturated rings. The predicted molar refractivity (Wildman–Crippen MR) is 131 cm³/mol. The van der Waals surface area contributed by atoms with E-state index in [1.807, 2.05) is 12.1 Å². The first-order valence-corrected chi connectivity index (χ1v) is 12.8. The second kappa shape index (κ2) is 11.4. The molecule has 0 radical (unpaired) electrons. The minimum absolute atomic E-state index is 0.106. The average Bonchev–Trinajstić information content (AvgIpc) is 2.73. The van der Waals surface area contributed by atoms with E-state index in [1.165, 1.54) is 57.3 Å². The minimum atomic E-state index is 0.106. The zero-order chi connectivity index (χ0) is 22.4. The zero-order valence-corrected chi connectivity index (χ0v) is 20.4. The van der Waals surface area contributed by atoms with E-state index in [2.05, 4.69) is 38.7 Å². The van der Waals surface area contributed by atoms with E-state index >= 15 is 0 Å². The second-order valence-electron chi connectivity index (χ2n) is 10.5. The fourth-order valence-corrected chi connectivity index (χ4v) is 5.65. The molecule has 1 aliphatic heterocycles. The molecule has 0 spiro atoms. The maximum Gasteiger partial charge on any atom is 0.123 e. The highest BCUT2D eigenvalue weighted by Crippen LogP contribution is 2.47. The number of allylic oxidation sites excluding steroid dienone is 2. The summed E-state index contributed by atoms with van der Waals surface area (Å²) in [5.41, 5.74) is 3.18. The molecule has 3 atom stereocenters. The Kier molecular flexibility index (Phi) is 8.89. The van der Waals surface area contributed by atoms with Gasteiger partial charge in [0.05, 0.1) is 0 Å². The van der Waals surface area contributed by atoms with E-state index in [-0.39, 0.29) is 17.4 Å². The van der Waals surface area contributed by atoms with Gasteiger partial charge in [-0.15, -0.1) is 0 Å². The van der Waals surface area contributed by atoms with Crippen molar-refractivity contribution >= 4 is 0 Å². The number of benzene rings is 1. The topological polar surface area (TPSA) is 43.7 Å². The zero-order valence-electron chi connectivity index (χ0n) is 20.4. The van der Waals surface area contributed by atoms with Gasteiger partial charge in [-0.1, -0.05) is 45.3 Å². The number of phenolic OH excluding ortho intramolecular Hbond substituents is 2. The van der Waals surface area contributed by atoms with Crippen LogP contribution in [0.25, 0.3) is 0 Å². The molecule has 0 saturated carbocycles. The number of rotatable bonds is 9. The quantitative estimate of drug-likeness (QED) is 0.328. The van der Waals surface area contributed by atoms with Crippen LogP contribution in [0.4, 0.5) is 0 Å². The molecule has 1 saturated heterocycles. The number of aromatic hydroxyl groups is 2. The first-order valence-electron chi connectivity index (χ1n) is 12.8. The highest BCUT2D eigenvalue weighted by molar-refractivity contribution is 5.51. The lowest BCUT2D eigenvalue weighted by molar-refractivity contribution is 0.167. The molecule has 31 heavy (non-hydrogen) atoms. The van der Waals surface area contributed by atoms with Crippen molar-refractivity contribution in [3.63, 3.8) is 0 Å². The van der Waals surface area contributed by atoms with Crippen molar-refractivity contribution in [3.8, 4) is 11.5 Å². The van der Waals surface area contributed by atoms with Gasteiger partial charge in [0, 0.05) is 11.5 Å². The van der Waals surface area contributed by atoms with E-state index in [1.54, 1.807) is 0 Å². The van der Waals surface area contributed by atoms with E-state index in [0.717, 1.165) is 42.7 Å². The standard InChI is InChI=1S/C28H45NO2/c1-5-6-7-8-23-18-26(30)28(27(31)19-23)25-17-21(3)9-10-24(25)22(4)13-16-29-14-11-20(2)12-15-29/h17-20,22,24-25,30-31H,5-16H2,1-4H3/t22-,24-,25+/m0/s1. The lowest BCUT2D eigenvalue weighted by atomic mass is 9.70. The molecule has 1 aliphatic carbocycles. The molecule has 1 aromatic carbocycles. The summed E-state index contributed by atoms with van der Waals surface area (Å²) in [5, 5.41) is 21.9. The monoisotopic (exact) mass is 427 g/mol. The summed E-state index contributed by atoms with van der Waals surface area (Å²) < 4.78 is 0. The van der Waals surface area contributed by atoms with Gasteiger partial charge in [-0.3, -0.25) is 0 Å².